The van der Waals surface area contributed by atoms with Crippen molar-refractivity contribution in [1.82, 2.24) is 4.72 Å². The van der Waals surface area contributed by atoms with Crippen LogP contribution in [0.2, 0.25) is 0 Å². The van der Waals surface area contributed by atoms with Crippen LogP contribution in [0.15, 0.2) is 17.0 Å². The summed E-state index contributed by atoms with van der Waals surface area (Å²) in [5.74, 6) is 1.90. The van der Waals surface area contributed by atoms with Crippen LogP contribution in [0.25, 0.3) is 0 Å². The van der Waals surface area contributed by atoms with Crippen LogP contribution in [-0.4, -0.2) is 32.5 Å². The first-order valence-electron chi connectivity index (χ1n) is 7.39. The SMILES string of the molecule is CCCNc1cc(C)c(S(=O)(=O)NC2CCSC2)c(C)c1. The third-order valence-electron chi connectivity index (χ3n) is 3.56. The average molecular weight is 329 g/mol. The maximum Gasteiger partial charge on any atom is 0.241 e. The second kappa shape index (κ2) is 7.03. The van der Waals surface area contributed by atoms with E-state index in [4.69, 9.17) is 0 Å². The molecule has 118 valence electrons. The van der Waals surface area contributed by atoms with E-state index in [0.717, 1.165) is 47.7 Å². The Morgan fingerprint density at radius 3 is 2.48 bits per heavy atom. The first kappa shape index (κ1) is 16.6. The molecular formula is C15H24N2O2S2. The van der Waals surface area contributed by atoms with Crippen LogP contribution in [0.1, 0.15) is 30.9 Å². The summed E-state index contributed by atoms with van der Waals surface area (Å²) in [4.78, 5) is 0.432. The summed E-state index contributed by atoms with van der Waals surface area (Å²) in [7, 11) is -3.43. The minimum absolute atomic E-state index is 0.0664. The highest BCUT2D eigenvalue weighted by molar-refractivity contribution is 7.99. The molecule has 2 rings (SSSR count). The molecule has 0 amide bonds. The van der Waals surface area contributed by atoms with Gasteiger partial charge < -0.3 is 5.32 Å². The number of aryl methyl sites for hydroxylation is 2. The summed E-state index contributed by atoms with van der Waals surface area (Å²) >= 11 is 1.80. The van der Waals surface area contributed by atoms with E-state index in [2.05, 4.69) is 17.0 Å². The van der Waals surface area contributed by atoms with Crippen molar-refractivity contribution in [2.24, 2.45) is 0 Å². The summed E-state index contributed by atoms with van der Waals surface area (Å²) in [6, 6.07) is 3.90. The molecule has 1 heterocycles. The van der Waals surface area contributed by atoms with Crippen LogP contribution >= 0.6 is 11.8 Å². The monoisotopic (exact) mass is 328 g/mol. The molecule has 0 bridgehead atoms. The number of sulfonamides is 1. The van der Waals surface area contributed by atoms with Crippen LogP contribution in [0, 0.1) is 13.8 Å². The highest BCUT2D eigenvalue weighted by atomic mass is 32.2. The predicted molar refractivity (Wildman–Crippen MR) is 90.7 cm³/mol. The zero-order valence-corrected chi connectivity index (χ0v) is 14.5. The molecule has 0 aromatic heterocycles. The van der Waals surface area contributed by atoms with E-state index in [0.29, 0.717) is 4.90 Å². The molecule has 1 atom stereocenters. The van der Waals surface area contributed by atoms with E-state index < -0.39 is 10.0 Å². The number of anilines is 1. The Balaban J connectivity index is 2.25. The number of thioether (sulfide) groups is 1. The Bertz CT molecular complexity index is 571. The lowest BCUT2D eigenvalue weighted by molar-refractivity contribution is 0.562. The van der Waals surface area contributed by atoms with Crippen LogP contribution in [0.5, 0.6) is 0 Å². The summed E-state index contributed by atoms with van der Waals surface area (Å²) < 4.78 is 28.1. The maximum atomic E-state index is 12.6. The smallest absolute Gasteiger partial charge is 0.241 e. The first-order chi connectivity index (χ1) is 9.94. The number of nitrogens with one attached hydrogen (secondary N) is 2. The molecule has 6 heteroatoms. The Morgan fingerprint density at radius 2 is 1.95 bits per heavy atom. The van der Waals surface area contributed by atoms with Gasteiger partial charge in [0.05, 0.1) is 4.90 Å². The van der Waals surface area contributed by atoms with Gasteiger partial charge in [0.2, 0.25) is 10.0 Å². The fraction of sp³-hybridized carbons (Fsp3) is 0.600. The second-order valence-corrected chi connectivity index (χ2v) is 8.35. The van der Waals surface area contributed by atoms with E-state index in [1.807, 2.05) is 26.0 Å². The first-order valence-corrected chi connectivity index (χ1v) is 10.0. The van der Waals surface area contributed by atoms with Crippen molar-refractivity contribution >= 4 is 27.5 Å². The Morgan fingerprint density at radius 1 is 1.29 bits per heavy atom. The largest absolute Gasteiger partial charge is 0.385 e. The van der Waals surface area contributed by atoms with E-state index in [1.54, 1.807) is 11.8 Å². The molecule has 1 aliphatic heterocycles. The molecule has 1 aliphatic rings. The Kier molecular flexibility index (Phi) is 5.57. The Hall–Kier alpha value is -0.720. The third-order valence-corrected chi connectivity index (χ3v) is 6.55. The molecule has 1 unspecified atom stereocenters. The van der Waals surface area contributed by atoms with Crippen molar-refractivity contribution in [3.8, 4) is 0 Å². The zero-order valence-electron chi connectivity index (χ0n) is 12.9. The van der Waals surface area contributed by atoms with Gasteiger partial charge in [-0.1, -0.05) is 6.92 Å². The lowest BCUT2D eigenvalue weighted by Gasteiger charge is -2.17. The van der Waals surface area contributed by atoms with Crippen molar-refractivity contribution < 1.29 is 8.42 Å². The quantitative estimate of drug-likeness (QED) is 0.843. The maximum absolute atomic E-state index is 12.6. The molecule has 0 radical (unpaired) electrons. The molecule has 1 aromatic carbocycles. The van der Waals surface area contributed by atoms with Crippen molar-refractivity contribution in [3.63, 3.8) is 0 Å². The number of rotatable bonds is 6. The van der Waals surface area contributed by atoms with Crippen molar-refractivity contribution in [2.75, 3.05) is 23.4 Å². The fourth-order valence-corrected chi connectivity index (χ4v) is 5.63. The highest BCUT2D eigenvalue weighted by Crippen LogP contribution is 2.26. The number of hydrogen-bond acceptors (Lipinski definition) is 4. The van der Waals surface area contributed by atoms with Gasteiger partial charge in [0.1, 0.15) is 0 Å². The van der Waals surface area contributed by atoms with Gasteiger partial charge in [-0.2, -0.15) is 11.8 Å². The van der Waals surface area contributed by atoms with Gasteiger partial charge in [-0.25, -0.2) is 13.1 Å². The van der Waals surface area contributed by atoms with E-state index >= 15 is 0 Å². The van der Waals surface area contributed by atoms with Gasteiger partial charge >= 0.3 is 0 Å². The molecule has 1 aromatic rings. The summed E-state index contributed by atoms with van der Waals surface area (Å²) in [6.45, 7) is 6.72. The van der Waals surface area contributed by atoms with Crippen LogP contribution in [0.3, 0.4) is 0 Å². The topological polar surface area (TPSA) is 58.2 Å². The standard InChI is InChI=1S/C15H24N2O2S2/c1-4-6-16-14-8-11(2)15(12(3)9-14)21(18,19)17-13-5-7-20-10-13/h8-9,13,16-17H,4-7,10H2,1-3H3. The van der Waals surface area contributed by atoms with E-state index in [1.165, 1.54) is 0 Å². The number of hydrogen-bond donors (Lipinski definition) is 2. The van der Waals surface area contributed by atoms with Gasteiger partial charge in [0.25, 0.3) is 0 Å². The molecule has 0 spiro atoms. The zero-order chi connectivity index (χ0) is 15.5. The van der Waals surface area contributed by atoms with Gasteiger partial charge in [-0.3, -0.25) is 0 Å². The molecule has 0 saturated carbocycles. The van der Waals surface area contributed by atoms with Gasteiger partial charge in [-0.05, 0) is 55.7 Å². The third kappa shape index (κ3) is 4.14. The molecule has 21 heavy (non-hydrogen) atoms. The average Bonchev–Trinajstić information content (AvgIpc) is 2.87. The summed E-state index contributed by atoms with van der Waals surface area (Å²) in [6.07, 6.45) is 1.96. The fourth-order valence-electron chi connectivity index (χ4n) is 2.65. The molecule has 1 fully saturated rings. The van der Waals surface area contributed by atoms with E-state index in [9.17, 15) is 8.42 Å². The lowest BCUT2D eigenvalue weighted by atomic mass is 10.1. The normalized spacial score (nSPS) is 18.9. The minimum Gasteiger partial charge on any atom is -0.385 e. The van der Waals surface area contributed by atoms with Gasteiger partial charge in [0, 0.05) is 24.0 Å². The summed E-state index contributed by atoms with van der Waals surface area (Å²) in [5, 5.41) is 3.31. The molecular weight excluding hydrogens is 304 g/mol. The predicted octanol–water partition coefficient (Wildman–Crippen LogP) is 2.91. The van der Waals surface area contributed by atoms with E-state index in [-0.39, 0.29) is 6.04 Å². The molecule has 0 aliphatic carbocycles. The van der Waals surface area contributed by atoms with Crippen molar-refractivity contribution in [1.29, 1.82) is 0 Å². The number of benzene rings is 1. The minimum atomic E-state index is -3.43. The summed E-state index contributed by atoms with van der Waals surface area (Å²) in [5.41, 5.74) is 2.58. The van der Waals surface area contributed by atoms with Gasteiger partial charge in [0.15, 0.2) is 0 Å². The van der Waals surface area contributed by atoms with Crippen molar-refractivity contribution in [2.45, 2.75) is 44.6 Å². The Labute approximate surface area is 132 Å². The van der Waals surface area contributed by atoms with Crippen LogP contribution in [-0.2, 0) is 10.0 Å². The highest BCUT2D eigenvalue weighted by Gasteiger charge is 2.26. The lowest BCUT2D eigenvalue weighted by Crippen LogP contribution is -2.35. The van der Waals surface area contributed by atoms with Gasteiger partial charge in [-0.15, -0.1) is 0 Å². The van der Waals surface area contributed by atoms with Crippen LogP contribution < -0.4 is 10.0 Å². The van der Waals surface area contributed by atoms with Crippen molar-refractivity contribution in [3.05, 3.63) is 23.3 Å². The molecule has 4 nitrogen and oxygen atoms in total. The molecule has 2 N–H and O–H groups in total. The van der Waals surface area contributed by atoms with Crippen LogP contribution in [0.4, 0.5) is 5.69 Å². The molecule has 1 saturated heterocycles. The second-order valence-electron chi connectivity index (χ2n) is 5.55.